The molecule has 0 heterocycles. The summed E-state index contributed by atoms with van der Waals surface area (Å²) in [5.41, 5.74) is 1.94. The molecule has 5 heteroatoms. The number of hydrogen-bond donors (Lipinski definition) is 1. The molecule has 120 valence electrons. The predicted molar refractivity (Wildman–Crippen MR) is 93.0 cm³/mol. The van der Waals surface area contributed by atoms with Crippen molar-refractivity contribution < 1.29 is 19.4 Å². The van der Waals surface area contributed by atoms with Crippen molar-refractivity contribution in [3.8, 4) is 11.5 Å². The topological polar surface area (TPSA) is 55.8 Å². The van der Waals surface area contributed by atoms with E-state index in [-0.39, 0.29) is 6.61 Å². The first-order valence-corrected chi connectivity index (χ1v) is 7.84. The molecule has 0 aliphatic heterocycles. The molecule has 0 saturated carbocycles. The van der Waals surface area contributed by atoms with E-state index in [1.54, 1.807) is 12.1 Å². The number of ether oxygens (including phenoxy) is 2. The molecule has 2 aromatic carbocycles. The Morgan fingerprint density at radius 2 is 1.91 bits per heavy atom. The van der Waals surface area contributed by atoms with Crippen LogP contribution in [0.2, 0.25) is 0 Å². The first-order valence-electron chi connectivity index (χ1n) is 7.05. The van der Waals surface area contributed by atoms with Crippen LogP contribution < -0.4 is 9.47 Å². The fourth-order valence-corrected chi connectivity index (χ4v) is 2.18. The van der Waals surface area contributed by atoms with Crippen LogP contribution in [0.3, 0.4) is 0 Å². The Hall–Kier alpha value is -2.27. The lowest BCUT2D eigenvalue weighted by molar-refractivity contribution is -0.139. The van der Waals surface area contributed by atoms with Crippen LogP contribution in [0.1, 0.15) is 11.1 Å². The lowest BCUT2D eigenvalue weighted by Gasteiger charge is -2.09. The van der Waals surface area contributed by atoms with Crippen LogP contribution in [0.4, 0.5) is 0 Å². The van der Waals surface area contributed by atoms with E-state index in [1.165, 1.54) is 0 Å². The van der Waals surface area contributed by atoms with Gasteiger partial charge >= 0.3 is 5.97 Å². The summed E-state index contributed by atoms with van der Waals surface area (Å²) >= 11 is 3.40. The van der Waals surface area contributed by atoms with Crippen LogP contribution in [-0.4, -0.2) is 24.3 Å². The van der Waals surface area contributed by atoms with E-state index < -0.39 is 5.97 Å². The molecule has 0 atom stereocenters. The van der Waals surface area contributed by atoms with Gasteiger partial charge in [0.1, 0.15) is 18.1 Å². The minimum absolute atomic E-state index is 0.350. The second-order valence-corrected chi connectivity index (χ2v) is 5.79. The Morgan fingerprint density at radius 3 is 2.57 bits per heavy atom. The summed E-state index contributed by atoms with van der Waals surface area (Å²) in [6, 6.07) is 13.3. The van der Waals surface area contributed by atoms with Crippen LogP contribution in [-0.2, 0) is 4.79 Å². The highest BCUT2D eigenvalue weighted by Crippen LogP contribution is 2.23. The van der Waals surface area contributed by atoms with Crippen molar-refractivity contribution in [2.75, 3.05) is 13.2 Å². The summed E-state index contributed by atoms with van der Waals surface area (Å²) in [5.74, 6) is 0.263. The normalized spacial score (nSPS) is 10.7. The fraction of sp³-hybridized carbons (Fsp3) is 0.167. The van der Waals surface area contributed by atoms with Gasteiger partial charge in [-0.3, -0.25) is 0 Å². The van der Waals surface area contributed by atoms with Crippen molar-refractivity contribution in [2.24, 2.45) is 0 Å². The molecule has 2 aromatic rings. The van der Waals surface area contributed by atoms with Gasteiger partial charge in [0.25, 0.3) is 0 Å². The maximum Gasteiger partial charge on any atom is 0.341 e. The van der Waals surface area contributed by atoms with Gasteiger partial charge in [0.05, 0.1) is 0 Å². The maximum absolute atomic E-state index is 10.5. The monoisotopic (exact) mass is 376 g/mol. The molecular weight excluding hydrogens is 360 g/mol. The number of aryl methyl sites for hydroxylation is 1. The number of aliphatic carboxylic acids is 1. The molecule has 2 rings (SSSR count). The summed E-state index contributed by atoms with van der Waals surface area (Å²) in [7, 11) is 0. The SMILES string of the molecule is Cc1cc(OCC=Cc2ccc(Br)cc2)ccc1OCC(=O)O. The van der Waals surface area contributed by atoms with Crippen LogP contribution in [0, 0.1) is 6.92 Å². The van der Waals surface area contributed by atoms with Crippen LogP contribution in [0.15, 0.2) is 53.0 Å². The highest BCUT2D eigenvalue weighted by molar-refractivity contribution is 9.10. The maximum atomic E-state index is 10.5. The first kappa shape index (κ1) is 17.1. The minimum atomic E-state index is -0.997. The Bertz CT molecular complexity index is 693. The average molecular weight is 377 g/mol. The number of hydrogen-bond acceptors (Lipinski definition) is 3. The predicted octanol–water partition coefficient (Wildman–Crippen LogP) is 4.31. The third-order valence-corrected chi connectivity index (χ3v) is 3.55. The second-order valence-electron chi connectivity index (χ2n) is 4.87. The van der Waals surface area contributed by atoms with Gasteiger partial charge in [-0.15, -0.1) is 0 Å². The Balaban J connectivity index is 1.87. The quantitative estimate of drug-likeness (QED) is 0.781. The molecule has 0 amide bonds. The van der Waals surface area contributed by atoms with E-state index in [0.29, 0.717) is 18.1 Å². The summed E-state index contributed by atoms with van der Waals surface area (Å²) < 4.78 is 11.9. The molecule has 4 nitrogen and oxygen atoms in total. The van der Waals surface area contributed by atoms with Gasteiger partial charge in [-0.1, -0.05) is 34.1 Å². The van der Waals surface area contributed by atoms with Gasteiger partial charge in [0.15, 0.2) is 6.61 Å². The number of halogens is 1. The number of carboxylic acids is 1. The number of carbonyl (C=O) groups is 1. The molecule has 0 bridgehead atoms. The van der Waals surface area contributed by atoms with Crippen molar-refractivity contribution in [2.45, 2.75) is 6.92 Å². The molecule has 1 N–H and O–H groups in total. The summed E-state index contributed by atoms with van der Waals surface area (Å²) in [4.78, 5) is 10.5. The van der Waals surface area contributed by atoms with Crippen molar-refractivity contribution in [3.63, 3.8) is 0 Å². The molecule has 0 aromatic heterocycles. The van der Waals surface area contributed by atoms with Crippen LogP contribution in [0.25, 0.3) is 6.08 Å². The molecule has 0 fully saturated rings. The largest absolute Gasteiger partial charge is 0.490 e. The lowest BCUT2D eigenvalue weighted by Crippen LogP contribution is -2.10. The summed E-state index contributed by atoms with van der Waals surface area (Å²) in [6.45, 7) is 1.95. The standard InChI is InChI=1S/C18H17BrO4/c1-13-11-16(8-9-17(13)23-12-18(20)21)22-10-2-3-14-4-6-15(19)7-5-14/h2-9,11H,10,12H2,1H3,(H,20,21). The lowest BCUT2D eigenvalue weighted by atomic mass is 10.2. The van der Waals surface area contributed by atoms with Crippen molar-refractivity contribution in [1.82, 2.24) is 0 Å². The Morgan fingerprint density at radius 1 is 1.17 bits per heavy atom. The highest BCUT2D eigenvalue weighted by Gasteiger charge is 2.04. The number of carboxylic acid groups (broad SMARTS) is 1. The van der Waals surface area contributed by atoms with Gasteiger partial charge in [-0.05, 0) is 54.5 Å². The van der Waals surface area contributed by atoms with Crippen molar-refractivity contribution in [1.29, 1.82) is 0 Å². The average Bonchev–Trinajstić information content (AvgIpc) is 2.52. The third-order valence-electron chi connectivity index (χ3n) is 3.02. The Labute approximate surface area is 143 Å². The zero-order valence-electron chi connectivity index (χ0n) is 12.7. The molecule has 0 unspecified atom stereocenters. The third kappa shape index (κ3) is 5.79. The first-order chi connectivity index (χ1) is 11.0. The second kappa shape index (κ2) is 8.39. The molecule has 0 spiro atoms. The van der Waals surface area contributed by atoms with Crippen molar-refractivity contribution in [3.05, 3.63) is 64.1 Å². The molecule has 23 heavy (non-hydrogen) atoms. The van der Waals surface area contributed by atoms with Gasteiger partial charge in [-0.25, -0.2) is 4.79 Å². The number of rotatable bonds is 7. The highest BCUT2D eigenvalue weighted by atomic mass is 79.9. The zero-order chi connectivity index (χ0) is 16.7. The Kier molecular flexibility index (Phi) is 6.23. The minimum Gasteiger partial charge on any atom is -0.490 e. The van der Waals surface area contributed by atoms with Gasteiger partial charge in [0.2, 0.25) is 0 Å². The molecule has 0 aliphatic rings. The van der Waals surface area contributed by atoms with Gasteiger partial charge < -0.3 is 14.6 Å². The molecule has 0 saturated heterocycles. The van der Waals surface area contributed by atoms with Crippen LogP contribution >= 0.6 is 15.9 Å². The zero-order valence-corrected chi connectivity index (χ0v) is 14.2. The van der Waals surface area contributed by atoms with Gasteiger partial charge in [-0.2, -0.15) is 0 Å². The van der Waals surface area contributed by atoms with Gasteiger partial charge in [0, 0.05) is 4.47 Å². The summed E-state index contributed by atoms with van der Waals surface area (Å²) in [6.07, 6.45) is 3.93. The van der Waals surface area contributed by atoms with E-state index in [1.807, 2.05) is 49.4 Å². The van der Waals surface area contributed by atoms with Crippen LogP contribution in [0.5, 0.6) is 11.5 Å². The molecular formula is C18H17BrO4. The molecule has 0 aliphatic carbocycles. The van der Waals surface area contributed by atoms with Crippen molar-refractivity contribution >= 4 is 28.0 Å². The number of benzene rings is 2. The van der Waals surface area contributed by atoms with E-state index in [2.05, 4.69) is 15.9 Å². The van der Waals surface area contributed by atoms with E-state index in [9.17, 15) is 4.79 Å². The van der Waals surface area contributed by atoms with E-state index in [0.717, 1.165) is 15.6 Å². The smallest absolute Gasteiger partial charge is 0.341 e. The molecule has 0 radical (unpaired) electrons. The fourth-order valence-electron chi connectivity index (χ4n) is 1.92. The summed E-state index contributed by atoms with van der Waals surface area (Å²) in [5, 5.41) is 8.61. The van der Waals surface area contributed by atoms with E-state index >= 15 is 0 Å². The van der Waals surface area contributed by atoms with E-state index in [4.69, 9.17) is 14.6 Å².